The molecule has 0 bridgehead atoms. The maximum atomic E-state index is 13.3. The Balaban J connectivity index is 2.94. The smallest absolute Gasteiger partial charge is 0.147 e. The number of nitrogens with zero attached hydrogens (tertiary/aromatic N) is 1. The summed E-state index contributed by atoms with van der Waals surface area (Å²) in [4.78, 5) is 4.33. The van der Waals surface area contributed by atoms with Gasteiger partial charge in [-0.05, 0) is 37.6 Å². The molecule has 0 saturated carbocycles. The van der Waals surface area contributed by atoms with Crippen LogP contribution in [-0.2, 0) is 0 Å². The molecule has 0 aliphatic rings. The van der Waals surface area contributed by atoms with Gasteiger partial charge in [0.2, 0.25) is 0 Å². The van der Waals surface area contributed by atoms with Gasteiger partial charge in [0.25, 0.3) is 0 Å². The lowest BCUT2D eigenvalue weighted by Crippen LogP contribution is -1.96. The summed E-state index contributed by atoms with van der Waals surface area (Å²) >= 11 is 0. The summed E-state index contributed by atoms with van der Waals surface area (Å²) in [6.07, 6.45) is 0. The van der Waals surface area contributed by atoms with Crippen LogP contribution in [0.2, 0.25) is 0 Å². The van der Waals surface area contributed by atoms with Crippen LogP contribution in [0, 0.1) is 19.7 Å². The second-order valence-corrected chi connectivity index (χ2v) is 3.44. The van der Waals surface area contributed by atoms with Gasteiger partial charge in [-0.2, -0.15) is 0 Å². The largest absolute Gasteiger partial charge is 0.396 e. The maximum Gasteiger partial charge on any atom is 0.147 e. The first-order valence-electron chi connectivity index (χ1n) is 4.41. The second kappa shape index (κ2) is 2.94. The first-order valence-corrected chi connectivity index (χ1v) is 4.41. The highest BCUT2D eigenvalue weighted by Crippen LogP contribution is 2.25. The monoisotopic (exact) mass is 190 g/mol. The zero-order chi connectivity index (χ0) is 10.3. The molecule has 2 nitrogen and oxygen atoms in total. The summed E-state index contributed by atoms with van der Waals surface area (Å²) in [5, 5.41) is 0.688. The minimum atomic E-state index is -0.374. The van der Waals surface area contributed by atoms with Crippen LogP contribution in [0.15, 0.2) is 18.2 Å². The van der Waals surface area contributed by atoms with Gasteiger partial charge in [0.1, 0.15) is 5.82 Å². The van der Waals surface area contributed by atoms with Crippen molar-refractivity contribution < 1.29 is 4.39 Å². The van der Waals surface area contributed by atoms with Gasteiger partial charge in [0, 0.05) is 11.1 Å². The van der Waals surface area contributed by atoms with Crippen molar-refractivity contribution in [2.75, 3.05) is 5.73 Å². The van der Waals surface area contributed by atoms with Crippen LogP contribution in [0.1, 0.15) is 11.3 Å². The van der Waals surface area contributed by atoms with Crippen molar-refractivity contribution in [1.29, 1.82) is 0 Å². The van der Waals surface area contributed by atoms with Crippen molar-refractivity contribution in [3.05, 3.63) is 35.3 Å². The second-order valence-electron chi connectivity index (χ2n) is 3.44. The highest BCUT2D eigenvalue weighted by molar-refractivity contribution is 5.92. The summed E-state index contributed by atoms with van der Waals surface area (Å²) in [7, 11) is 0. The fourth-order valence-corrected chi connectivity index (χ4v) is 1.54. The van der Waals surface area contributed by atoms with Gasteiger partial charge < -0.3 is 5.73 Å². The van der Waals surface area contributed by atoms with E-state index in [1.165, 1.54) is 6.07 Å². The molecule has 1 aromatic heterocycles. The van der Waals surface area contributed by atoms with E-state index in [0.717, 1.165) is 16.8 Å². The average Bonchev–Trinajstić information content (AvgIpc) is 2.14. The fraction of sp³-hybridized carbons (Fsp3) is 0.182. The Morgan fingerprint density at radius 2 is 2.00 bits per heavy atom. The molecule has 0 fully saturated rings. The normalized spacial score (nSPS) is 10.8. The molecule has 2 aromatic rings. The van der Waals surface area contributed by atoms with Crippen LogP contribution in [0.3, 0.4) is 0 Å². The lowest BCUT2D eigenvalue weighted by atomic mass is 10.1. The van der Waals surface area contributed by atoms with Crippen molar-refractivity contribution >= 4 is 16.6 Å². The number of halogens is 1. The van der Waals surface area contributed by atoms with Crippen LogP contribution < -0.4 is 5.73 Å². The van der Waals surface area contributed by atoms with E-state index in [0.29, 0.717) is 5.39 Å². The van der Waals surface area contributed by atoms with Crippen molar-refractivity contribution in [2.24, 2.45) is 0 Å². The van der Waals surface area contributed by atoms with Gasteiger partial charge in [-0.3, -0.25) is 4.98 Å². The van der Waals surface area contributed by atoms with Crippen molar-refractivity contribution in [1.82, 2.24) is 4.98 Å². The topological polar surface area (TPSA) is 38.9 Å². The van der Waals surface area contributed by atoms with E-state index in [4.69, 9.17) is 5.73 Å². The number of fused-ring (bicyclic) bond motifs is 1. The number of aromatic nitrogens is 1. The molecular weight excluding hydrogens is 179 g/mol. The van der Waals surface area contributed by atoms with E-state index in [9.17, 15) is 4.39 Å². The fourth-order valence-electron chi connectivity index (χ4n) is 1.54. The number of aryl methyl sites for hydroxylation is 2. The third-order valence-electron chi connectivity index (χ3n) is 2.30. The van der Waals surface area contributed by atoms with Gasteiger partial charge in [0.05, 0.1) is 11.2 Å². The van der Waals surface area contributed by atoms with Gasteiger partial charge >= 0.3 is 0 Å². The lowest BCUT2D eigenvalue weighted by Gasteiger charge is -2.06. The van der Waals surface area contributed by atoms with E-state index in [2.05, 4.69) is 4.98 Å². The molecule has 3 heteroatoms. The summed E-state index contributed by atoms with van der Waals surface area (Å²) in [5.41, 5.74) is 8.31. The summed E-state index contributed by atoms with van der Waals surface area (Å²) in [6.45, 7) is 3.73. The van der Waals surface area contributed by atoms with Gasteiger partial charge in [-0.15, -0.1) is 0 Å². The third-order valence-corrected chi connectivity index (χ3v) is 2.30. The Kier molecular flexibility index (Phi) is 1.88. The van der Waals surface area contributed by atoms with Crippen molar-refractivity contribution in [2.45, 2.75) is 13.8 Å². The molecule has 0 saturated heterocycles. The Morgan fingerprint density at radius 3 is 2.71 bits per heavy atom. The van der Waals surface area contributed by atoms with E-state index in [1.807, 2.05) is 26.0 Å². The standard InChI is InChI=1S/C11H11FN2/c1-6-5-9(12)10(13)8-4-3-7(2)14-11(6)8/h3-5H,13H2,1-2H3. The third kappa shape index (κ3) is 1.21. The number of nitrogens with two attached hydrogens (primary N) is 1. The molecule has 0 atom stereocenters. The van der Waals surface area contributed by atoms with E-state index in [-0.39, 0.29) is 11.5 Å². The minimum absolute atomic E-state index is 0.179. The molecule has 0 unspecified atom stereocenters. The number of pyridine rings is 1. The number of benzene rings is 1. The van der Waals surface area contributed by atoms with Crippen LogP contribution in [-0.4, -0.2) is 4.98 Å². The minimum Gasteiger partial charge on any atom is -0.396 e. The molecule has 0 radical (unpaired) electrons. The van der Waals surface area contributed by atoms with Crippen LogP contribution >= 0.6 is 0 Å². The Labute approximate surface area is 81.6 Å². The number of hydrogen-bond donors (Lipinski definition) is 1. The molecule has 0 aliphatic carbocycles. The Bertz CT molecular complexity index is 506. The molecular formula is C11H11FN2. The highest BCUT2D eigenvalue weighted by atomic mass is 19.1. The van der Waals surface area contributed by atoms with E-state index < -0.39 is 0 Å². The van der Waals surface area contributed by atoms with Crippen LogP contribution in [0.4, 0.5) is 10.1 Å². The van der Waals surface area contributed by atoms with Crippen molar-refractivity contribution in [3.63, 3.8) is 0 Å². The molecule has 0 spiro atoms. The summed E-state index contributed by atoms with van der Waals surface area (Å²) in [5.74, 6) is -0.374. The number of anilines is 1. The highest BCUT2D eigenvalue weighted by Gasteiger charge is 2.07. The molecule has 0 amide bonds. The predicted molar refractivity (Wildman–Crippen MR) is 55.6 cm³/mol. The quantitative estimate of drug-likeness (QED) is 0.648. The molecule has 14 heavy (non-hydrogen) atoms. The Morgan fingerprint density at radius 1 is 1.29 bits per heavy atom. The maximum absolute atomic E-state index is 13.3. The van der Waals surface area contributed by atoms with Gasteiger partial charge in [-0.1, -0.05) is 0 Å². The first-order chi connectivity index (χ1) is 6.59. The Hall–Kier alpha value is -1.64. The number of rotatable bonds is 0. The molecule has 72 valence electrons. The van der Waals surface area contributed by atoms with Gasteiger partial charge in [-0.25, -0.2) is 4.39 Å². The summed E-state index contributed by atoms with van der Waals surface area (Å²) < 4.78 is 13.3. The number of hydrogen-bond acceptors (Lipinski definition) is 2. The predicted octanol–water partition coefficient (Wildman–Crippen LogP) is 2.57. The SMILES string of the molecule is Cc1ccc2c(N)c(F)cc(C)c2n1. The average molecular weight is 190 g/mol. The zero-order valence-electron chi connectivity index (χ0n) is 8.13. The lowest BCUT2D eigenvalue weighted by molar-refractivity contribution is 0.633. The molecule has 2 rings (SSSR count). The summed E-state index contributed by atoms with van der Waals surface area (Å²) in [6, 6.07) is 5.06. The molecule has 2 N–H and O–H groups in total. The zero-order valence-corrected chi connectivity index (χ0v) is 8.13. The molecule has 0 aliphatic heterocycles. The molecule has 1 aromatic carbocycles. The van der Waals surface area contributed by atoms with Crippen LogP contribution in [0.25, 0.3) is 10.9 Å². The van der Waals surface area contributed by atoms with Crippen LogP contribution in [0.5, 0.6) is 0 Å². The van der Waals surface area contributed by atoms with E-state index >= 15 is 0 Å². The van der Waals surface area contributed by atoms with Crippen molar-refractivity contribution in [3.8, 4) is 0 Å². The first kappa shape index (κ1) is 8.94. The number of nitrogen functional groups attached to an aromatic ring is 1. The van der Waals surface area contributed by atoms with E-state index in [1.54, 1.807) is 0 Å². The molecule has 1 heterocycles. The van der Waals surface area contributed by atoms with Gasteiger partial charge in [0.15, 0.2) is 0 Å².